The minimum absolute atomic E-state index is 0.0126. The van der Waals surface area contributed by atoms with Gasteiger partial charge >= 0.3 is 6.09 Å². The van der Waals surface area contributed by atoms with Crippen LogP contribution in [0.2, 0.25) is 5.02 Å². The van der Waals surface area contributed by atoms with Crippen LogP contribution in [0, 0.1) is 5.82 Å². The van der Waals surface area contributed by atoms with Crippen LogP contribution < -0.4 is 5.32 Å². The van der Waals surface area contributed by atoms with Gasteiger partial charge in [0.1, 0.15) is 11.4 Å². The first kappa shape index (κ1) is 29.1. The van der Waals surface area contributed by atoms with Gasteiger partial charge in [-0.25, -0.2) is 9.18 Å². The van der Waals surface area contributed by atoms with E-state index in [1.807, 2.05) is 27.7 Å². The molecule has 1 aliphatic rings. The highest BCUT2D eigenvalue weighted by Gasteiger charge is 2.31. The van der Waals surface area contributed by atoms with Crippen LogP contribution in [0.15, 0.2) is 41.3 Å². The van der Waals surface area contributed by atoms with Gasteiger partial charge in [-0.1, -0.05) is 24.6 Å². The lowest BCUT2D eigenvalue weighted by Crippen LogP contribution is -2.42. The van der Waals surface area contributed by atoms with Crippen LogP contribution in [-0.4, -0.2) is 63.5 Å². The summed E-state index contributed by atoms with van der Waals surface area (Å²) in [5, 5.41) is 3.25. The third-order valence-electron chi connectivity index (χ3n) is 6.16. The van der Waals surface area contributed by atoms with Crippen molar-refractivity contribution in [1.29, 1.82) is 0 Å². The maximum absolute atomic E-state index is 14.9. The maximum atomic E-state index is 14.9. The molecule has 0 radical (unpaired) electrons. The van der Waals surface area contributed by atoms with E-state index in [-0.39, 0.29) is 24.2 Å². The van der Waals surface area contributed by atoms with E-state index >= 15 is 0 Å². The van der Waals surface area contributed by atoms with Gasteiger partial charge in [0.15, 0.2) is 0 Å². The molecule has 0 saturated carbocycles. The van der Waals surface area contributed by atoms with Gasteiger partial charge in [0, 0.05) is 66.1 Å². The quantitative estimate of drug-likeness (QED) is 0.501. The predicted octanol–water partition coefficient (Wildman–Crippen LogP) is 4.98. The number of benzene rings is 2. The Morgan fingerprint density at radius 2 is 1.95 bits per heavy atom. The van der Waals surface area contributed by atoms with E-state index in [0.29, 0.717) is 39.9 Å². The average Bonchev–Trinajstić information content (AvgIpc) is 3.30. The van der Waals surface area contributed by atoms with E-state index < -0.39 is 28.1 Å². The van der Waals surface area contributed by atoms with E-state index in [9.17, 15) is 18.2 Å². The van der Waals surface area contributed by atoms with Gasteiger partial charge < -0.3 is 15.0 Å². The number of hydrogen-bond donors (Lipinski definition) is 1. The zero-order chi connectivity index (χ0) is 27.3. The molecule has 1 N–H and O–H groups in total. The van der Waals surface area contributed by atoms with Gasteiger partial charge in [0.05, 0.1) is 10.8 Å². The van der Waals surface area contributed by atoms with Crippen molar-refractivity contribution in [2.45, 2.75) is 63.7 Å². The van der Waals surface area contributed by atoms with Crippen molar-refractivity contribution in [3.63, 3.8) is 0 Å². The molecule has 0 aliphatic carbocycles. The summed E-state index contributed by atoms with van der Waals surface area (Å²) < 4.78 is 32.7. The molecule has 1 unspecified atom stereocenters. The molecule has 1 fully saturated rings. The minimum atomic E-state index is -1.20. The predicted molar refractivity (Wildman–Crippen MR) is 144 cm³/mol. The molecular formula is C27H35ClFN3O4S. The van der Waals surface area contributed by atoms with E-state index in [4.69, 9.17) is 16.3 Å². The number of carbonyl (C=O) groups excluding carboxylic acids is 2. The summed E-state index contributed by atoms with van der Waals surface area (Å²) in [6, 6.07) is 9.48. The number of likely N-dealkylation sites (N-methyl/N-ethyl adjacent to an activating group) is 1. The van der Waals surface area contributed by atoms with E-state index in [2.05, 4.69) is 10.2 Å². The van der Waals surface area contributed by atoms with Crippen molar-refractivity contribution in [1.82, 2.24) is 15.1 Å². The Balaban J connectivity index is 1.59. The summed E-state index contributed by atoms with van der Waals surface area (Å²) in [5.74, 6) is -0.448. The van der Waals surface area contributed by atoms with Crippen molar-refractivity contribution < 1.29 is 22.9 Å². The summed E-state index contributed by atoms with van der Waals surface area (Å²) in [6.45, 7) is 9.14. The highest BCUT2D eigenvalue weighted by molar-refractivity contribution is 7.85. The molecule has 37 heavy (non-hydrogen) atoms. The Hall–Kier alpha value is -2.49. The third-order valence-corrected chi connectivity index (χ3v) is 7.80. The summed E-state index contributed by atoms with van der Waals surface area (Å²) in [7, 11) is 0.529. The fraction of sp³-hybridized carbons (Fsp3) is 0.481. The zero-order valence-electron chi connectivity index (χ0n) is 22.0. The lowest BCUT2D eigenvalue weighted by Gasteiger charge is -2.28. The number of amides is 2. The minimum Gasteiger partial charge on any atom is -0.444 e. The number of hydrogen-bond acceptors (Lipinski definition) is 5. The molecule has 0 aromatic heterocycles. The number of rotatable bonds is 8. The topological polar surface area (TPSA) is 79.0 Å². The molecule has 10 heteroatoms. The van der Waals surface area contributed by atoms with Crippen LogP contribution in [-0.2, 0) is 28.6 Å². The molecule has 2 amide bonds. The maximum Gasteiger partial charge on any atom is 0.410 e. The average molecular weight is 552 g/mol. The van der Waals surface area contributed by atoms with Gasteiger partial charge in [0.25, 0.3) is 5.91 Å². The smallest absolute Gasteiger partial charge is 0.410 e. The Morgan fingerprint density at radius 3 is 2.59 bits per heavy atom. The summed E-state index contributed by atoms with van der Waals surface area (Å²) in [6.07, 6.45) is 0.401. The van der Waals surface area contributed by atoms with Crippen LogP contribution in [0.1, 0.15) is 55.6 Å². The molecule has 1 saturated heterocycles. The normalized spacial score (nSPS) is 16.9. The Labute approximate surface area is 225 Å². The fourth-order valence-electron chi connectivity index (χ4n) is 4.15. The first-order chi connectivity index (χ1) is 17.4. The number of ether oxygens (including phenoxy) is 1. The van der Waals surface area contributed by atoms with Crippen molar-refractivity contribution >= 4 is 34.4 Å². The summed E-state index contributed by atoms with van der Waals surface area (Å²) >= 11 is 6.08. The molecule has 3 rings (SSSR count). The van der Waals surface area contributed by atoms with Crippen LogP contribution in [0.25, 0.3) is 0 Å². The molecule has 0 bridgehead atoms. The van der Waals surface area contributed by atoms with Crippen molar-refractivity contribution in [3.05, 3.63) is 63.9 Å². The lowest BCUT2D eigenvalue weighted by molar-refractivity contribution is 0.0228. The monoisotopic (exact) mass is 551 g/mol. The molecule has 7 nitrogen and oxygen atoms in total. The molecular weight excluding hydrogens is 517 g/mol. The van der Waals surface area contributed by atoms with Crippen LogP contribution in [0.3, 0.4) is 0 Å². The van der Waals surface area contributed by atoms with E-state index in [1.54, 1.807) is 42.3 Å². The van der Waals surface area contributed by atoms with Crippen LogP contribution in [0.5, 0.6) is 0 Å². The largest absolute Gasteiger partial charge is 0.444 e. The molecule has 2 atom stereocenters. The molecule has 2 aromatic carbocycles. The van der Waals surface area contributed by atoms with Gasteiger partial charge in [-0.3, -0.25) is 13.9 Å². The van der Waals surface area contributed by atoms with Gasteiger partial charge in [0.2, 0.25) is 0 Å². The van der Waals surface area contributed by atoms with Gasteiger partial charge in [-0.2, -0.15) is 0 Å². The Morgan fingerprint density at radius 1 is 1.22 bits per heavy atom. The lowest BCUT2D eigenvalue weighted by atomic mass is 10.1. The molecule has 0 spiro atoms. The van der Waals surface area contributed by atoms with Gasteiger partial charge in [-0.05, 0) is 63.1 Å². The molecule has 1 aliphatic heterocycles. The van der Waals surface area contributed by atoms with Crippen molar-refractivity contribution in [2.24, 2.45) is 0 Å². The first-order valence-corrected chi connectivity index (χ1v) is 14.0. The summed E-state index contributed by atoms with van der Waals surface area (Å²) in [4.78, 5) is 29.4. The Kier molecular flexibility index (Phi) is 9.72. The Bertz CT molecular complexity index is 1170. The number of halogens is 2. The number of carbonyl (C=O) groups is 2. The third kappa shape index (κ3) is 7.99. The highest BCUT2D eigenvalue weighted by Crippen LogP contribution is 2.22. The second-order valence-electron chi connectivity index (χ2n) is 10.1. The number of nitrogens with one attached hydrogen (secondary N) is 1. The fourth-order valence-corrected chi connectivity index (χ4v) is 5.30. The molecule has 2 aromatic rings. The standard InChI is InChI=1S/C27H35ClFN3O4S/c1-6-37(35)24-10-9-21(28)13-20(24)15-30-25(33)18-7-8-19(23(29)14-18)16-32-12-11-22(17-32)31(5)26(34)36-27(2,3)4/h7-10,13-14,22H,6,11-12,15-17H2,1-5H3,(H,30,33)/t22-,37?/m1/s1. The first-order valence-electron chi connectivity index (χ1n) is 12.3. The van der Waals surface area contributed by atoms with E-state index in [0.717, 1.165) is 13.0 Å². The van der Waals surface area contributed by atoms with Crippen LogP contribution >= 0.6 is 11.6 Å². The molecule has 1 heterocycles. The zero-order valence-corrected chi connectivity index (χ0v) is 23.5. The second-order valence-corrected chi connectivity index (χ2v) is 12.3. The second kappa shape index (κ2) is 12.4. The highest BCUT2D eigenvalue weighted by atomic mass is 35.5. The van der Waals surface area contributed by atoms with Crippen LogP contribution in [0.4, 0.5) is 9.18 Å². The van der Waals surface area contributed by atoms with Gasteiger partial charge in [-0.15, -0.1) is 0 Å². The number of likely N-dealkylation sites (tertiary alicyclic amines) is 1. The van der Waals surface area contributed by atoms with Crippen molar-refractivity contribution in [3.8, 4) is 0 Å². The summed E-state index contributed by atoms with van der Waals surface area (Å²) in [5.41, 5.74) is 0.780. The number of nitrogens with zero attached hydrogens (tertiary/aromatic N) is 2. The van der Waals surface area contributed by atoms with Crippen molar-refractivity contribution in [2.75, 3.05) is 25.9 Å². The SMILES string of the molecule is CCS(=O)c1ccc(Cl)cc1CNC(=O)c1ccc(CN2CC[C@@H](N(C)C(=O)OC(C)(C)C)C2)c(F)c1. The molecule has 202 valence electrons. The van der Waals surface area contributed by atoms with E-state index in [1.165, 1.54) is 6.07 Å².